The van der Waals surface area contributed by atoms with E-state index in [1.54, 1.807) is 6.07 Å². The molecule has 4 rings (SSSR count). The molecule has 0 amide bonds. The van der Waals surface area contributed by atoms with Crippen molar-refractivity contribution < 1.29 is 4.39 Å². The highest BCUT2D eigenvalue weighted by Gasteiger charge is 2.66. The third-order valence-electron chi connectivity index (χ3n) is 6.05. The summed E-state index contributed by atoms with van der Waals surface area (Å²) in [6, 6.07) is 6.12. The number of hydrogen-bond acceptors (Lipinski definition) is 1. The molecular weight excluding hydrogens is 237 g/mol. The third kappa shape index (κ3) is 1.62. The maximum Gasteiger partial charge on any atom is 0.126 e. The highest BCUT2D eigenvalue weighted by Crippen LogP contribution is 2.72. The summed E-state index contributed by atoms with van der Waals surface area (Å²) < 4.78 is 13.8. The molecule has 0 spiro atoms. The van der Waals surface area contributed by atoms with Crippen molar-refractivity contribution in [1.82, 2.24) is 5.32 Å². The van der Waals surface area contributed by atoms with Gasteiger partial charge in [-0.25, -0.2) is 4.39 Å². The minimum absolute atomic E-state index is 0.0634. The lowest BCUT2D eigenvalue weighted by atomic mass is 9.92. The molecule has 1 aromatic carbocycles. The lowest BCUT2D eigenvalue weighted by molar-refractivity contribution is 0.384. The molecule has 2 heteroatoms. The molecule has 0 aromatic heterocycles. The molecule has 5 unspecified atom stereocenters. The van der Waals surface area contributed by atoms with Crippen LogP contribution in [0.5, 0.6) is 0 Å². The Morgan fingerprint density at radius 3 is 2.47 bits per heavy atom. The molecule has 3 fully saturated rings. The number of hydrogen-bond donors (Lipinski definition) is 1. The summed E-state index contributed by atoms with van der Waals surface area (Å²) in [4.78, 5) is 0. The molecule has 19 heavy (non-hydrogen) atoms. The zero-order chi connectivity index (χ0) is 13.1. The molecule has 0 aliphatic heterocycles. The largest absolute Gasteiger partial charge is 0.313 e. The van der Waals surface area contributed by atoms with Crippen molar-refractivity contribution in [3.05, 3.63) is 35.1 Å². The van der Waals surface area contributed by atoms with Crippen LogP contribution >= 0.6 is 0 Å². The molecule has 3 aliphatic carbocycles. The molecule has 5 atom stereocenters. The van der Waals surface area contributed by atoms with Gasteiger partial charge in [-0.15, -0.1) is 0 Å². The topological polar surface area (TPSA) is 12.0 Å². The van der Waals surface area contributed by atoms with Crippen LogP contribution in [0.25, 0.3) is 0 Å². The quantitative estimate of drug-likeness (QED) is 0.873. The minimum atomic E-state index is -0.0634. The highest BCUT2D eigenvalue weighted by atomic mass is 19.1. The molecular formula is C17H22FN. The number of halogens is 1. The van der Waals surface area contributed by atoms with Crippen LogP contribution in [0.2, 0.25) is 0 Å². The summed E-state index contributed by atoms with van der Waals surface area (Å²) in [5, 5.41) is 3.46. The maximum atomic E-state index is 13.8. The smallest absolute Gasteiger partial charge is 0.126 e. The average molecular weight is 259 g/mol. The van der Waals surface area contributed by atoms with Crippen molar-refractivity contribution >= 4 is 0 Å². The summed E-state index contributed by atoms with van der Waals surface area (Å²) >= 11 is 0. The highest BCUT2D eigenvalue weighted by molar-refractivity contribution is 5.29. The van der Waals surface area contributed by atoms with Crippen molar-refractivity contribution in [2.24, 2.45) is 29.6 Å². The van der Waals surface area contributed by atoms with Crippen LogP contribution in [0, 0.1) is 42.3 Å². The van der Waals surface area contributed by atoms with E-state index in [4.69, 9.17) is 0 Å². The van der Waals surface area contributed by atoms with Gasteiger partial charge in [0.2, 0.25) is 0 Å². The Kier molecular flexibility index (Phi) is 2.54. The predicted molar refractivity (Wildman–Crippen MR) is 74.2 cm³/mol. The van der Waals surface area contributed by atoms with Gasteiger partial charge in [0.05, 0.1) is 0 Å². The first-order valence-corrected chi connectivity index (χ1v) is 7.64. The maximum absolute atomic E-state index is 13.8. The normalized spacial score (nSPS) is 40.3. The second kappa shape index (κ2) is 4.05. The zero-order valence-electron chi connectivity index (χ0n) is 11.7. The van der Waals surface area contributed by atoms with E-state index in [1.807, 2.05) is 20.0 Å². The monoisotopic (exact) mass is 259 g/mol. The Balaban J connectivity index is 1.61. The fraction of sp³-hybridized carbons (Fsp3) is 0.647. The SMILES string of the molecule is CNC(c1ccc(C)c(F)c1)C1C2C3CCC(C3)C21. The second-order valence-electron chi connectivity index (χ2n) is 6.84. The van der Waals surface area contributed by atoms with Gasteiger partial charge in [0.25, 0.3) is 0 Å². The number of aryl methyl sites for hydroxylation is 1. The van der Waals surface area contributed by atoms with Crippen LogP contribution in [-0.2, 0) is 0 Å². The predicted octanol–water partition coefficient (Wildman–Crippen LogP) is 3.69. The average Bonchev–Trinajstić information content (AvgIpc) is 2.82. The van der Waals surface area contributed by atoms with Crippen LogP contribution in [0.15, 0.2) is 18.2 Å². The lowest BCUT2D eigenvalue weighted by Crippen LogP contribution is -2.22. The molecule has 0 saturated heterocycles. The van der Waals surface area contributed by atoms with Crippen molar-refractivity contribution in [3.8, 4) is 0 Å². The van der Waals surface area contributed by atoms with Crippen LogP contribution < -0.4 is 5.32 Å². The van der Waals surface area contributed by atoms with Crippen molar-refractivity contribution in [2.45, 2.75) is 32.2 Å². The van der Waals surface area contributed by atoms with E-state index in [2.05, 4.69) is 11.4 Å². The molecule has 3 saturated carbocycles. The van der Waals surface area contributed by atoms with E-state index in [9.17, 15) is 4.39 Å². The number of fused-ring (bicyclic) bond motifs is 5. The van der Waals surface area contributed by atoms with Crippen molar-refractivity contribution in [3.63, 3.8) is 0 Å². The van der Waals surface area contributed by atoms with E-state index in [-0.39, 0.29) is 5.82 Å². The summed E-state index contributed by atoms with van der Waals surface area (Å²) in [6.45, 7) is 1.83. The Bertz CT molecular complexity index is 496. The Hall–Kier alpha value is -0.890. The van der Waals surface area contributed by atoms with Crippen LogP contribution in [0.4, 0.5) is 4.39 Å². The number of rotatable bonds is 3. The molecule has 1 aromatic rings. The van der Waals surface area contributed by atoms with E-state index in [0.717, 1.165) is 40.7 Å². The Morgan fingerprint density at radius 1 is 1.21 bits per heavy atom. The second-order valence-corrected chi connectivity index (χ2v) is 6.84. The van der Waals surface area contributed by atoms with Gasteiger partial charge < -0.3 is 5.32 Å². The molecule has 0 heterocycles. The van der Waals surface area contributed by atoms with Gasteiger partial charge in [-0.05, 0) is 80.0 Å². The summed E-state index contributed by atoms with van der Waals surface area (Å²) in [5.41, 5.74) is 1.89. The van der Waals surface area contributed by atoms with Crippen LogP contribution in [0.3, 0.4) is 0 Å². The van der Waals surface area contributed by atoms with Gasteiger partial charge in [0, 0.05) is 6.04 Å². The van der Waals surface area contributed by atoms with Gasteiger partial charge in [0.1, 0.15) is 5.82 Å². The Labute approximate surface area is 114 Å². The molecule has 2 bridgehead atoms. The number of benzene rings is 1. The first-order valence-electron chi connectivity index (χ1n) is 7.64. The van der Waals surface area contributed by atoms with Crippen molar-refractivity contribution in [2.75, 3.05) is 7.05 Å². The molecule has 102 valence electrons. The number of nitrogens with one attached hydrogen (secondary N) is 1. The minimum Gasteiger partial charge on any atom is -0.313 e. The van der Waals surface area contributed by atoms with Gasteiger partial charge in [-0.1, -0.05) is 12.1 Å². The molecule has 1 N–H and O–H groups in total. The summed E-state index contributed by atoms with van der Waals surface area (Å²) in [6.07, 6.45) is 4.37. The zero-order valence-corrected chi connectivity index (χ0v) is 11.7. The Morgan fingerprint density at radius 2 is 1.89 bits per heavy atom. The van der Waals surface area contributed by atoms with Gasteiger partial charge in [-0.3, -0.25) is 0 Å². The van der Waals surface area contributed by atoms with Crippen LogP contribution in [-0.4, -0.2) is 7.05 Å². The van der Waals surface area contributed by atoms with Crippen LogP contribution in [0.1, 0.15) is 36.4 Å². The first-order chi connectivity index (χ1) is 9.20. The standard InChI is InChI=1S/C17H22FN/c1-9-3-4-12(8-13(9)18)17(19-2)16-14-10-5-6-11(7-10)15(14)16/h3-4,8,10-11,14-17,19H,5-7H2,1-2H3. The summed E-state index contributed by atoms with van der Waals surface area (Å²) in [5.74, 6) is 4.52. The first kappa shape index (κ1) is 11.9. The van der Waals surface area contributed by atoms with E-state index < -0.39 is 0 Å². The van der Waals surface area contributed by atoms with E-state index >= 15 is 0 Å². The van der Waals surface area contributed by atoms with Gasteiger partial charge in [-0.2, -0.15) is 0 Å². The third-order valence-corrected chi connectivity index (χ3v) is 6.05. The van der Waals surface area contributed by atoms with Crippen molar-refractivity contribution in [1.29, 1.82) is 0 Å². The van der Waals surface area contributed by atoms with E-state index in [0.29, 0.717) is 6.04 Å². The molecule has 1 nitrogen and oxygen atoms in total. The van der Waals surface area contributed by atoms with E-state index in [1.165, 1.54) is 19.3 Å². The van der Waals surface area contributed by atoms with Gasteiger partial charge in [0.15, 0.2) is 0 Å². The summed E-state index contributed by atoms with van der Waals surface area (Å²) in [7, 11) is 2.03. The molecule has 0 radical (unpaired) electrons. The lowest BCUT2D eigenvalue weighted by Gasteiger charge is -2.21. The fourth-order valence-electron chi connectivity index (χ4n) is 5.22. The fourth-order valence-corrected chi connectivity index (χ4v) is 5.22. The molecule has 3 aliphatic rings. The van der Waals surface area contributed by atoms with Gasteiger partial charge >= 0.3 is 0 Å².